The van der Waals surface area contributed by atoms with Crippen molar-refractivity contribution in [2.24, 2.45) is 0 Å². The lowest BCUT2D eigenvalue weighted by molar-refractivity contribution is -0.384. The fourth-order valence-corrected chi connectivity index (χ4v) is 3.05. The van der Waals surface area contributed by atoms with Gasteiger partial charge >= 0.3 is 0 Å². The molecule has 5 nitrogen and oxygen atoms in total. The van der Waals surface area contributed by atoms with Crippen LogP contribution < -0.4 is 5.32 Å². The average Bonchev–Trinajstić information content (AvgIpc) is 2.39. The van der Waals surface area contributed by atoms with Gasteiger partial charge in [-0.3, -0.25) is 15.0 Å². The van der Waals surface area contributed by atoms with E-state index in [0.29, 0.717) is 0 Å². The molecule has 1 heterocycles. The molecular formula is C12H17N3O2S. The predicted molar refractivity (Wildman–Crippen MR) is 75.2 cm³/mol. The van der Waals surface area contributed by atoms with Crippen LogP contribution in [0.4, 0.5) is 11.4 Å². The maximum absolute atomic E-state index is 10.8. The number of hydrogen-bond donors (Lipinski definition) is 1. The zero-order chi connectivity index (χ0) is 13.0. The molecule has 0 atom stereocenters. The maximum atomic E-state index is 10.8. The number of thioether (sulfide) groups is 1. The molecule has 1 fully saturated rings. The number of nitrogens with zero attached hydrogens (tertiary/aromatic N) is 2. The van der Waals surface area contributed by atoms with Crippen LogP contribution in [0.5, 0.6) is 0 Å². The van der Waals surface area contributed by atoms with Crippen molar-refractivity contribution in [3.8, 4) is 0 Å². The number of non-ortho nitro benzene ring substituents is 1. The molecule has 1 aliphatic rings. The first kappa shape index (κ1) is 13.2. The van der Waals surface area contributed by atoms with Crippen LogP contribution in [0.3, 0.4) is 0 Å². The van der Waals surface area contributed by atoms with Crippen LogP contribution >= 0.6 is 11.8 Å². The number of rotatable bonds is 4. The third kappa shape index (κ3) is 3.14. The molecule has 0 unspecified atom stereocenters. The summed E-state index contributed by atoms with van der Waals surface area (Å²) in [7, 11) is 1.84. The van der Waals surface area contributed by atoms with Crippen LogP contribution in [0.25, 0.3) is 0 Å². The molecule has 1 aromatic rings. The van der Waals surface area contributed by atoms with Gasteiger partial charge in [-0.1, -0.05) is 0 Å². The van der Waals surface area contributed by atoms with Crippen LogP contribution in [0.1, 0.15) is 5.56 Å². The van der Waals surface area contributed by atoms with Gasteiger partial charge in [0, 0.05) is 56.0 Å². The summed E-state index contributed by atoms with van der Waals surface area (Å²) in [6.45, 7) is 2.88. The number of nitro groups is 1. The Morgan fingerprint density at radius 1 is 1.44 bits per heavy atom. The molecule has 0 aromatic heterocycles. The summed E-state index contributed by atoms with van der Waals surface area (Å²) >= 11 is 1.96. The highest BCUT2D eigenvalue weighted by Crippen LogP contribution is 2.24. The summed E-state index contributed by atoms with van der Waals surface area (Å²) in [6.07, 6.45) is 0. The molecular weight excluding hydrogens is 250 g/mol. The number of nitrogens with one attached hydrogen (secondary N) is 1. The van der Waals surface area contributed by atoms with Crippen molar-refractivity contribution in [1.29, 1.82) is 0 Å². The molecule has 0 amide bonds. The smallest absolute Gasteiger partial charge is 0.269 e. The molecule has 6 heteroatoms. The van der Waals surface area contributed by atoms with Gasteiger partial charge in [-0.05, 0) is 11.6 Å². The van der Waals surface area contributed by atoms with Crippen molar-refractivity contribution in [2.45, 2.75) is 6.54 Å². The summed E-state index contributed by atoms with van der Waals surface area (Å²) in [5.74, 6) is 2.29. The lowest BCUT2D eigenvalue weighted by Crippen LogP contribution is -2.32. The van der Waals surface area contributed by atoms with Crippen LogP contribution in [-0.4, -0.2) is 41.5 Å². The van der Waals surface area contributed by atoms with Crippen molar-refractivity contribution in [2.75, 3.05) is 37.0 Å². The van der Waals surface area contributed by atoms with Gasteiger partial charge in [0.25, 0.3) is 5.69 Å². The molecule has 1 aromatic carbocycles. The van der Waals surface area contributed by atoms with Gasteiger partial charge in [-0.2, -0.15) is 11.8 Å². The van der Waals surface area contributed by atoms with E-state index in [1.165, 1.54) is 0 Å². The lowest BCUT2D eigenvalue weighted by atomic mass is 10.1. The quantitative estimate of drug-likeness (QED) is 0.669. The van der Waals surface area contributed by atoms with Crippen molar-refractivity contribution in [1.82, 2.24) is 4.90 Å². The van der Waals surface area contributed by atoms with Crippen molar-refractivity contribution in [3.05, 3.63) is 33.9 Å². The van der Waals surface area contributed by atoms with E-state index in [1.54, 1.807) is 18.2 Å². The van der Waals surface area contributed by atoms with Gasteiger partial charge in [0.15, 0.2) is 0 Å². The summed E-state index contributed by atoms with van der Waals surface area (Å²) in [5.41, 5.74) is 2.13. The molecule has 2 rings (SSSR count). The number of hydrogen-bond acceptors (Lipinski definition) is 5. The van der Waals surface area contributed by atoms with Crippen LogP contribution in [0.2, 0.25) is 0 Å². The normalized spacial score (nSPS) is 16.5. The zero-order valence-electron chi connectivity index (χ0n) is 10.4. The maximum Gasteiger partial charge on any atom is 0.269 e. The van der Waals surface area contributed by atoms with Crippen LogP contribution in [0, 0.1) is 10.1 Å². The predicted octanol–water partition coefficient (Wildman–Crippen LogP) is 2.19. The van der Waals surface area contributed by atoms with Crippen molar-refractivity contribution >= 4 is 23.1 Å². The Labute approximate surface area is 111 Å². The molecule has 1 aliphatic heterocycles. The molecule has 0 spiro atoms. The van der Waals surface area contributed by atoms with Gasteiger partial charge in [0.1, 0.15) is 0 Å². The topological polar surface area (TPSA) is 58.4 Å². The SMILES string of the molecule is CNc1ccc([N+](=O)[O-])cc1CN1CCSCC1. The van der Waals surface area contributed by atoms with Crippen LogP contribution in [0.15, 0.2) is 18.2 Å². The zero-order valence-corrected chi connectivity index (χ0v) is 11.2. The van der Waals surface area contributed by atoms with Crippen molar-refractivity contribution in [3.63, 3.8) is 0 Å². The second-order valence-corrected chi connectivity index (χ2v) is 5.46. The minimum Gasteiger partial charge on any atom is -0.388 e. The molecule has 0 radical (unpaired) electrons. The third-order valence-corrected chi connectivity index (χ3v) is 4.01. The molecule has 98 valence electrons. The Bertz CT molecular complexity index is 433. The largest absolute Gasteiger partial charge is 0.388 e. The number of anilines is 1. The van der Waals surface area contributed by atoms with Gasteiger partial charge in [-0.15, -0.1) is 0 Å². The third-order valence-electron chi connectivity index (χ3n) is 3.07. The van der Waals surface area contributed by atoms with E-state index in [0.717, 1.165) is 42.4 Å². The lowest BCUT2D eigenvalue weighted by Gasteiger charge is -2.26. The van der Waals surface area contributed by atoms with E-state index in [2.05, 4.69) is 10.2 Å². The number of benzene rings is 1. The summed E-state index contributed by atoms with van der Waals surface area (Å²) in [6, 6.07) is 5.00. The van der Waals surface area contributed by atoms with E-state index in [-0.39, 0.29) is 10.6 Å². The van der Waals surface area contributed by atoms with Crippen molar-refractivity contribution < 1.29 is 4.92 Å². The first-order valence-electron chi connectivity index (χ1n) is 5.96. The molecule has 18 heavy (non-hydrogen) atoms. The van der Waals surface area contributed by atoms with Gasteiger partial charge in [0.05, 0.1) is 4.92 Å². The Kier molecular flexibility index (Phi) is 4.43. The summed E-state index contributed by atoms with van der Waals surface area (Å²) in [5, 5.41) is 13.9. The van der Waals surface area contributed by atoms with E-state index >= 15 is 0 Å². The first-order chi connectivity index (χ1) is 8.70. The van der Waals surface area contributed by atoms with Gasteiger partial charge in [-0.25, -0.2) is 0 Å². The van der Waals surface area contributed by atoms with E-state index in [9.17, 15) is 10.1 Å². The summed E-state index contributed by atoms with van der Waals surface area (Å²) < 4.78 is 0. The fourth-order valence-electron chi connectivity index (χ4n) is 2.07. The average molecular weight is 267 g/mol. The Hall–Kier alpha value is -1.27. The van der Waals surface area contributed by atoms with Crippen LogP contribution in [-0.2, 0) is 6.54 Å². The van der Waals surface area contributed by atoms with Gasteiger partial charge in [0.2, 0.25) is 0 Å². The second kappa shape index (κ2) is 6.06. The Balaban J connectivity index is 2.17. The highest BCUT2D eigenvalue weighted by molar-refractivity contribution is 7.99. The molecule has 0 saturated carbocycles. The highest BCUT2D eigenvalue weighted by Gasteiger charge is 2.15. The standard InChI is InChI=1S/C12H17N3O2S/c1-13-12-3-2-11(15(16)17)8-10(12)9-14-4-6-18-7-5-14/h2-3,8,13H,4-7,9H2,1H3. The minimum absolute atomic E-state index is 0.162. The second-order valence-electron chi connectivity index (χ2n) is 4.24. The van der Waals surface area contributed by atoms with E-state index in [1.807, 2.05) is 18.8 Å². The first-order valence-corrected chi connectivity index (χ1v) is 7.11. The molecule has 1 saturated heterocycles. The molecule has 1 N–H and O–H groups in total. The molecule has 0 aliphatic carbocycles. The summed E-state index contributed by atoms with van der Waals surface area (Å²) in [4.78, 5) is 12.8. The van der Waals surface area contributed by atoms with Gasteiger partial charge < -0.3 is 5.32 Å². The minimum atomic E-state index is -0.338. The highest BCUT2D eigenvalue weighted by atomic mass is 32.2. The Morgan fingerprint density at radius 2 is 2.17 bits per heavy atom. The molecule has 0 bridgehead atoms. The van der Waals surface area contributed by atoms with E-state index < -0.39 is 0 Å². The fraction of sp³-hybridized carbons (Fsp3) is 0.500. The monoisotopic (exact) mass is 267 g/mol. The Morgan fingerprint density at radius 3 is 2.78 bits per heavy atom. The number of nitro benzene ring substituents is 1. The van der Waals surface area contributed by atoms with E-state index in [4.69, 9.17) is 0 Å².